The van der Waals surface area contributed by atoms with Gasteiger partial charge in [-0.3, -0.25) is 0 Å². The van der Waals surface area contributed by atoms with E-state index < -0.39 is 0 Å². The van der Waals surface area contributed by atoms with E-state index in [2.05, 4.69) is 226 Å². The monoisotopic (exact) mass is 725 g/mol. The number of hydrogen-bond acceptors (Lipinski definition) is 0. The molecule has 0 bridgehead atoms. The highest BCUT2D eigenvalue weighted by molar-refractivity contribution is 6.24. The molecule has 0 unspecified atom stereocenters. The first kappa shape index (κ1) is 31.7. The normalized spacial score (nSPS) is 11.9. The Bertz CT molecular complexity index is 3470. The third-order valence-electron chi connectivity index (χ3n) is 11.8. The first-order chi connectivity index (χ1) is 28.3. The summed E-state index contributed by atoms with van der Waals surface area (Å²) in [5.74, 6) is 0. The van der Waals surface area contributed by atoms with Crippen LogP contribution in [0.2, 0.25) is 0 Å². The number of hydrogen-bond donors (Lipinski definition) is 0. The Morgan fingerprint density at radius 3 is 0.965 bits per heavy atom. The first-order valence-corrected chi connectivity index (χ1v) is 19.6. The molecule has 266 valence electrons. The van der Waals surface area contributed by atoms with E-state index in [1.165, 1.54) is 87.7 Å². The molecule has 0 aliphatic heterocycles. The summed E-state index contributed by atoms with van der Waals surface area (Å²) in [6.07, 6.45) is 0. The van der Waals surface area contributed by atoms with Gasteiger partial charge in [0.05, 0.1) is 33.1 Å². The third kappa shape index (κ3) is 4.79. The second-order valence-electron chi connectivity index (χ2n) is 14.9. The number of para-hydroxylation sites is 4. The molecule has 3 heteroatoms. The molecule has 3 aromatic heterocycles. The van der Waals surface area contributed by atoms with Crippen LogP contribution in [0.1, 0.15) is 0 Å². The number of rotatable bonds is 5. The molecule has 12 aromatic rings. The highest BCUT2D eigenvalue weighted by Gasteiger charge is 2.22. The van der Waals surface area contributed by atoms with E-state index in [1.54, 1.807) is 0 Å². The lowest BCUT2D eigenvalue weighted by Gasteiger charge is -2.15. The molecule has 3 nitrogen and oxygen atoms in total. The fraction of sp³-hybridized carbons (Fsp3) is 0. The molecule has 0 amide bonds. The van der Waals surface area contributed by atoms with Gasteiger partial charge in [-0.1, -0.05) is 152 Å². The molecule has 0 saturated carbocycles. The Balaban J connectivity index is 1.10. The second kappa shape index (κ2) is 12.5. The summed E-state index contributed by atoms with van der Waals surface area (Å²) in [7, 11) is 0. The Hall–Kier alpha value is -7.62. The minimum Gasteiger partial charge on any atom is -0.309 e. The van der Waals surface area contributed by atoms with Crippen LogP contribution in [0, 0.1) is 0 Å². The van der Waals surface area contributed by atoms with Gasteiger partial charge in [0.1, 0.15) is 0 Å². The summed E-state index contributed by atoms with van der Waals surface area (Å²) < 4.78 is 7.37. The first-order valence-electron chi connectivity index (χ1n) is 19.6. The molecular weight excluding hydrogens is 691 g/mol. The average molecular weight is 726 g/mol. The van der Waals surface area contributed by atoms with Gasteiger partial charge in [0.2, 0.25) is 0 Å². The highest BCUT2D eigenvalue weighted by Crippen LogP contribution is 2.42. The Labute approximate surface area is 329 Å². The third-order valence-corrected chi connectivity index (χ3v) is 11.8. The molecule has 0 aliphatic carbocycles. The summed E-state index contributed by atoms with van der Waals surface area (Å²) >= 11 is 0. The fourth-order valence-electron chi connectivity index (χ4n) is 9.34. The van der Waals surface area contributed by atoms with E-state index in [9.17, 15) is 0 Å². The summed E-state index contributed by atoms with van der Waals surface area (Å²) in [6, 6.07) is 77.4. The lowest BCUT2D eigenvalue weighted by atomic mass is 10.0. The van der Waals surface area contributed by atoms with Crippen molar-refractivity contribution in [3.8, 4) is 39.3 Å². The van der Waals surface area contributed by atoms with Gasteiger partial charge in [0.25, 0.3) is 0 Å². The molecule has 0 atom stereocenters. The SMILES string of the molecule is c1ccc(-c2cccc(-n3c4ccccc4c4ccc5c6ccccc6n(-c6cccc(-c7cccc(-n8c9ccccc9c9ccccc98)c7)c6)c5c43)c2)cc1. The number of nitrogens with zero attached hydrogens (tertiary/aromatic N) is 3. The standard InChI is InChI=1S/C54H35N3/c1-2-15-36(16-3-1)37-17-12-21-41(33-37)56-51-29-10-6-25-45(51)47-31-32-48-46-26-7-11-30-52(46)57(54(48)53(47)56)42-22-14-19-39(35-42)38-18-13-20-40(34-38)55-49-27-8-4-23-43(49)44-24-5-9-28-50(44)55/h1-35H. The number of aromatic nitrogens is 3. The zero-order valence-corrected chi connectivity index (χ0v) is 31.0. The van der Waals surface area contributed by atoms with Crippen LogP contribution in [-0.4, -0.2) is 13.7 Å². The molecule has 57 heavy (non-hydrogen) atoms. The molecule has 0 aliphatic rings. The van der Waals surface area contributed by atoms with Gasteiger partial charge in [0.15, 0.2) is 0 Å². The summed E-state index contributed by atoms with van der Waals surface area (Å²) in [5, 5.41) is 7.49. The lowest BCUT2D eigenvalue weighted by Crippen LogP contribution is -1.99. The van der Waals surface area contributed by atoms with Gasteiger partial charge >= 0.3 is 0 Å². The van der Waals surface area contributed by atoms with E-state index in [0.29, 0.717) is 0 Å². The molecule has 0 radical (unpaired) electrons. The van der Waals surface area contributed by atoms with Crippen LogP contribution in [0.5, 0.6) is 0 Å². The predicted molar refractivity (Wildman–Crippen MR) is 240 cm³/mol. The molecule has 0 spiro atoms. The molecule has 0 N–H and O–H groups in total. The van der Waals surface area contributed by atoms with Crippen molar-refractivity contribution in [1.29, 1.82) is 0 Å². The maximum Gasteiger partial charge on any atom is 0.0788 e. The zero-order valence-electron chi connectivity index (χ0n) is 31.0. The van der Waals surface area contributed by atoms with Crippen LogP contribution in [0.25, 0.3) is 105 Å². The van der Waals surface area contributed by atoms with Crippen LogP contribution in [0.4, 0.5) is 0 Å². The smallest absolute Gasteiger partial charge is 0.0788 e. The summed E-state index contributed by atoms with van der Waals surface area (Å²) in [5.41, 5.74) is 15.4. The average Bonchev–Trinajstić information content (AvgIpc) is 3.93. The van der Waals surface area contributed by atoms with Crippen LogP contribution >= 0.6 is 0 Å². The van der Waals surface area contributed by atoms with E-state index >= 15 is 0 Å². The van der Waals surface area contributed by atoms with Crippen LogP contribution < -0.4 is 0 Å². The van der Waals surface area contributed by atoms with Crippen molar-refractivity contribution < 1.29 is 0 Å². The van der Waals surface area contributed by atoms with Gasteiger partial charge in [0, 0.05) is 49.4 Å². The highest BCUT2D eigenvalue weighted by atomic mass is 15.0. The largest absolute Gasteiger partial charge is 0.309 e. The number of fused-ring (bicyclic) bond motifs is 10. The van der Waals surface area contributed by atoms with Crippen LogP contribution in [0.3, 0.4) is 0 Å². The van der Waals surface area contributed by atoms with E-state index in [4.69, 9.17) is 0 Å². The zero-order chi connectivity index (χ0) is 37.5. The van der Waals surface area contributed by atoms with Crippen molar-refractivity contribution in [2.45, 2.75) is 0 Å². The van der Waals surface area contributed by atoms with Crippen LogP contribution in [0.15, 0.2) is 212 Å². The Morgan fingerprint density at radius 1 is 0.211 bits per heavy atom. The maximum atomic E-state index is 2.49. The van der Waals surface area contributed by atoms with E-state index in [0.717, 1.165) is 17.1 Å². The van der Waals surface area contributed by atoms with Gasteiger partial charge in [-0.15, -0.1) is 0 Å². The Kier molecular flexibility index (Phi) is 6.93. The van der Waals surface area contributed by atoms with E-state index in [1.807, 2.05) is 0 Å². The van der Waals surface area contributed by atoms with Gasteiger partial charge in [-0.25, -0.2) is 0 Å². The minimum absolute atomic E-state index is 1.13. The lowest BCUT2D eigenvalue weighted by molar-refractivity contribution is 1.15. The quantitative estimate of drug-likeness (QED) is 0.168. The Morgan fingerprint density at radius 2 is 0.526 bits per heavy atom. The van der Waals surface area contributed by atoms with Crippen molar-refractivity contribution in [3.05, 3.63) is 212 Å². The van der Waals surface area contributed by atoms with Gasteiger partial charge in [-0.2, -0.15) is 0 Å². The molecular formula is C54H35N3. The maximum absolute atomic E-state index is 2.49. The second-order valence-corrected chi connectivity index (χ2v) is 14.9. The molecule has 0 fully saturated rings. The minimum atomic E-state index is 1.13. The van der Waals surface area contributed by atoms with Crippen molar-refractivity contribution in [2.75, 3.05) is 0 Å². The van der Waals surface area contributed by atoms with Crippen molar-refractivity contribution in [3.63, 3.8) is 0 Å². The summed E-state index contributed by atoms with van der Waals surface area (Å²) in [4.78, 5) is 0. The van der Waals surface area contributed by atoms with Crippen LogP contribution in [-0.2, 0) is 0 Å². The topological polar surface area (TPSA) is 14.8 Å². The fourth-order valence-corrected chi connectivity index (χ4v) is 9.34. The number of benzene rings is 9. The molecule has 3 heterocycles. The van der Waals surface area contributed by atoms with Crippen molar-refractivity contribution >= 4 is 65.4 Å². The predicted octanol–water partition coefficient (Wildman–Crippen LogP) is 14.3. The van der Waals surface area contributed by atoms with E-state index in [-0.39, 0.29) is 0 Å². The summed E-state index contributed by atoms with van der Waals surface area (Å²) in [6.45, 7) is 0. The van der Waals surface area contributed by atoms with Gasteiger partial charge < -0.3 is 13.7 Å². The van der Waals surface area contributed by atoms with Gasteiger partial charge in [-0.05, 0) is 82.9 Å². The molecule has 12 rings (SSSR count). The molecule has 0 saturated heterocycles. The molecule has 9 aromatic carbocycles. The van der Waals surface area contributed by atoms with Crippen molar-refractivity contribution in [2.24, 2.45) is 0 Å². The van der Waals surface area contributed by atoms with Crippen molar-refractivity contribution in [1.82, 2.24) is 13.7 Å².